The molecule has 0 aliphatic carbocycles. The van der Waals surface area contributed by atoms with Crippen molar-refractivity contribution in [1.82, 2.24) is 14.5 Å². The molecule has 5 rings (SSSR count). The SMILES string of the molecule is Cc1ccc2oc(-c3ccc(NC(=O)CCn4cnc5ccccc5c4=O)cc3)nc2c1. The molecule has 7 nitrogen and oxygen atoms in total. The van der Waals surface area contributed by atoms with Gasteiger partial charge < -0.3 is 9.73 Å². The molecule has 3 aromatic carbocycles. The molecule has 0 aliphatic rings. The van der Waals surface area contributed by atoms with Gasteiger partial charge in [-0.3, -0.25) is 14.2 Å². The number of carbonyl (C=O) groups is 1. The first-order valence-electron chi connectivity index (χ1n) is 10.3. The maximum Gasteiger partial charge on any atom is 0.261 e. The first-order chi connectivity index (χ1) is 15.6. The number of nitrogens with zero attached hydrogens (tertiary/aromatic N) is 3. The Labute approximate surface area is 183 Å². The van der Waals surface area contributed by atoms with Crippen LogP contribution in [0.5, 0.6) is 0 Å². The fraction of sp³-hybridized carbons (Fsp3) is 0.120. The average molecular weight is 424 g/mol. The second-order valence-corrected chi connectivity index (χ2v) is 7.63. The minimum atomic E-state index is -0.185. The highest BCUT2D eigenvalue weighted by molar-refractivity contribution is 5.91. The van der Waals surface area contributed by atoms with E-state index in [9.17, 15) is 9.59 Å². The Morgan fingerprint density at radius 1 is 1.03 bits per heavy atom. The van der Waals surface area contributed by atoms with Crippen molar-refractivity contribution < 1.29 is 9.21 Å². The molecule has 2 aromatic heterocycles. The molecular weight excluding hydrogens is 404 g/mol. The third kappa shape index (κ3) is 3.88. The Bertz CT molecular complexity index is 1500. The maximum absolute atomic E-state index is 12.5. The van der Waals surface area contributed by atoms with Crippen LogP contribution in [-0.4, -0.2) is 20.4 Å². The Morgan fingerprint density at radius 3 is 2.69 bits per heavy atom. The van der Waals surface area contributed by atoms with Gasteiger partial charge in [-0.2, -0.15) is 0 Å². The first-order valence-corrected chi connectivity index (χ1v) is 10.3. The van der Waals surface area contributed by atoms with E-state index in [0.717, 1.165) is 22.2 Å². The fourth-order valence-electron chi connectivity index (χ4n) is 3.57. The highest BCUT2D eigenvalue weighted by Gasteiger charge is 2.10. The zero-order valence-corrected chi connectivity index (χ0v) is 17.4. The largest absolute Gasteiger partial charge is 0.436 e. The van der Waals surface area contributed by atoms with Crippen LogP contribution < -0.4 is 10.9 Å². The van der Waals surface area contributed by atoms with Crippen LogP contribution >= 0.6 is 0 Å². The van der Waals surface area contributed by atoms with Crippen molar-refractivity contribution in [2.75, 3.05) is 5.32 Å². The fourth-order valence-corrected chi connectivity index (χ4v) is 3.57. The van der Waals surface area contributed by atoms with E-state index >= 15 is 0 Å². The lowest BCUT2D eigenvalue weighted by molar-refractivity contribution is -0.116. The van der Waals surface area contributed by atoms with Crippen molar-refractivity contribution in [2.45, 2.75) is 19.9 Å². The van der Waals surface area contributed by atoms with Crippen molar-refractivity contribution >= 4 is 33.6 Å². The van der Waals surface area contributed by atoms with Gasteiger partial charge in [0, 0.05) is 24.2 Å². The Hall–Kier alpha value is -4.26. The molecule has 32 heavy (non-hydrogen) atoms. The van der Waals surface area contributed by atoms with E-state index in [4.69, 9.17) is 4.42 Å². The van der Waals surface area contributed by atoms with E-state index in [0.29, 0.717) is 22.5 Å². The molecule has 0 bridgehead atoms. The van der Waals surface area contributed by atoms with E-state index in [1.165, 1.54) is 10.9 Å². The van der Waals surface area contributed by atoms with Crippen LogP contribution in [0.4, 0.5) is 5.69 Å². The number of aryl methyl sites for hydroxylation is 2. The van der Waals surface area contributed by atoms with Crippen LogP contribution in [0.25, 0.3) is 33.5 Å². The summed E-state index contributed by atoms with van der Waals surface area (Å²) in [5, 5.41) is 3.40. The summed E-state index contributed by atoms with van der Waals surface area (Å²) >= 11 is 0. The topological polar surface area (TPSA) is 90.0 Å². The van der Waals surface area contributed by atoms with Crippen LogP contribution in [0.2, 0.25) is 0 Å². The molecule has 1 amide bonds. The Morgan fingerprint density at radius 2 is 1.84 bits per heavy atom. The molecule has 158 valence electrons. The van der Waals surface area contributed by atoms with Crippen LogP contribution in [0.15, 0.2) is 82.3 Å². The van der Waals surface area contributed by atoms with Crippen molar-refractivity contribution in [3.8, 4) is 11.5 Å². The lowest BCUT2D eigenvalue weighted by Gasteiger charge is -2.08. The lowest BCUT2D eigenvalue weighted by Crippen LogP contribution is -2.23. The summed E-state index contributed by atoms with van der Waals surface area (Å²) in [5.41, 5.74) is 4.66. The number of hydrogen-bond donors (Lipinski definition) is 1. The number of carbonyl (C=O) groups excluding carboxylic acids is 1. The highest BCUT2D eigenvalue weighted by atomic mass is 16.3. The Kier molecular flexibility index (Phi) is 4.99. The molecule has 0 saturated heterocycles. The van der Waals surface area contributed by atoms with Gasteiger partial charge in [-0.1, -0.05) is 18.2 Å². The molecule has 0 spiro atoms. The van der Waals surface area contributed by atoms with E-state index in [2.05, 4.69) is 15.3 Å². The monoisotopic (exact) mass is 424 g/mol. The number of fused-ring (bicyclic) bond motifs is 2. The number of anilines is 1. The molecule has 0 atom stereocenters. The number of amides is 1. The second-order valence-electron chi connectivity index (χ2n) is 7.63. The van der Waals surface area contributed by atoms with E-state index < -0.39 is 0 Å². The minimum absolute atomic E-state index is 0.152. The van der Waals surface area contributed by atoms with Crippen molar-refractivity contribution in [2.24, 2.45) is 0 Å². The maximum atomic E-state index is 12.5. The number of para-hydroxylation sites is 1. The van der Waals surface area contributed by atoms with Gasteiger partial charge in [0.15, 0.2) is 5.58 Å². The highest BCUT2D eigenvalue weighted by Crippen LogP contribution is 2.26. The smallest absolute Gasteiger partial charge is 0.261 e. The number of benzene rings is 3. The summed E-state index contributed by atoms with van der Waals surface area (Å²) < 4.78 is 7.28. The standard InChI is InChI=1S/C25H20N4O3/c1-16-6-11-22-21(14-16)28-24(32-22)17-7-9-18(10-8-17)27-23(30)12-13-29-15-26-20-5-3-2-4-19(20)25(29)31/h2-11,14-15H,12-13H2,1H3,(H,27,30). The number of oxazole rings is 1. The number of rotatable bonds is 5. The molecule has 1 N–H and O–H groups in total. The molecule has 0 aliphatic heterocycles. The van der Waals surface area contributed by atoms with Crippen LogP contribution in [0.3, 0.4) is 0 Å². The van der Waals surface area contributed by atoms with Crippen LogP contribution in [-0.2, 0) is 11.3 Å². The van der Waals surface area contributed by atoms with E-state index in [1.807, 2.05) is 43.3 Å². The third-order valence-electron chi connectivity index (χ3n) is 5.27. The molecule has 0 saturated carbocycles. The zero-order chi connectivity index (χ0) is 22.1. The first kappa shape index (κ1) is 19.7. The predicted molar refractivity (Wildman–Crippen MR) is 123 cm³/mol. The molecule has 2 heterocycles. The zero-order valence-electron chi connectivity index (χ0n) is 17.4. The normalized spacial score (nSPS) is 11.2. The summed E-state index contributed by atoms with van der Waals surface area (Å²) in [7, 11) is 0. The van der Waals surface area contributed by atoms with Gasteiger partial charge in [0.25, 0.3) is 5.56 Å². The van der Waals surface area contributed by atoms with E-state index in [-0.39, 0.29) is 24.4 Å². The lowest BCUT2D eigenvalue weighted by atomic mass is 10.2. The summed E-state index contributed by atoms with van der Waals surface area (Å²) in [6, 6.07) is 20.3. The number of aromatic nitrogens is 3. The van der Waals surface area contributed by atoms with Crippen LogP contribution in [0.1, 0.15) is 12.0 Å². The summed E-state index contributed by atoms with van der Waals surface area (Å²) in [5.74, 6) is 0.349. The van der Waals surface area contributed by atoms with Crippen LogP contribution in [0, 0.1) is 6.92 Å². The van der Waals surface area contributed by atoms with E-state index in [1.54, 1.807) is 30.3 Å². The molecular formula is C25H20N4O3. The van der Waals surface area contributed by atoms with Gasteiger partial charge in [-0.25, -0.2) is 9.97 Å². The van der Waals surface area contributed by atoms with Crippen molar-refractivity contribution in [3.63, 3.8) is 0 Å². The minimum Gasteiger partial charge on any atom is -0.436 e. The van der Waals surface area contributed by atoms with Gasteiger partial charge in [-0.15, -0.1) is 0 Å². The van der Waals surface area contributed by atoms with Gasteiger partial charge in [-0.05, 0) is 61.0 Å². The predicted octanol–water partition coefficient (Wildman–Crippen LogP) is 4.54. The summed E-state index contributed by atoms with van der Waals surface area (Å²) in [4.78, 5) is 33.7. The number of nitrogens with one attached hydrogen (secondary N) is 1. The van der Waals surface area contributed by atoms with Gasteiger partial charge in [0.2, 0.25) is 11.8 Å². The molecule has 0 unspecified atom stereocenters. The summed E-state index contributed by atoms with van der Waals surface area (Å²) in [6.45, 7) is 2.26. The van der Waals surface area contributed by atoms with Crippen molar-refractivity contribution in [3.05, 3.63) is 89.0 Å². The quantitative estimate of drug-likeness (QED) is 0.447. The molecule has 5 aromatic rings. The van der Waals surface area contributed by atoms with Gasteiger partial charge in [0.05, 0.1) is 17.2 Å². The second kappa shape index (κ2) is 8.11. The average Bonchev–Trinajstić information content (AvgIpc) is 3.22. The summed E-state index contributed by atoms with van der Waals surface area (Å²) in [6.07, 6.45) is 1.64. The molecule has 0 fully saturated rings. The Balaban J connectivity index is 1.25. The molecule has 7 heteroatoms. The number of hydrogen-bond acceptors (Lipinski definition) is 5. The molecule has 0 radical (unpaired) electrons. The van der Waals surface area contributed by atoms with Crippen molar-refractivity contribution in [1.29, 1.82) is 0 Å². The third-order valence-corrected chi connectivity index (χ3v) is 5.27. The van der Waals surface area contributed by atoms with Gasteiger partial charge in [0.1, 0.15) is 5.52 Å². The van der Waals surface area contributed by atoms with Gasteiger partial charge >= 0.3 is 0 Å².